The molecule has 4 rings (SSSR count). The standard InChI is InChI=1S/C24H26N2O3S/c27-20(18-29-21-9-5-2-6-10-21)16-25-13-11-24(28)26(15-19-7-3-1-4-8-19)17-23-22(25)12-14-30-23/h1-10,12,14,20,27H,11,13,15-18H2. The lowest BCUT2D eigenvalue weighted by molar-refractivity contribution is -0.132. The molecule has 1 unspecified atom stereocenters. The van der Waals surface area contributed by atoms with Crippen LogP contribution < -0.4 is 9.64 Å². The molecule has 30 heavy (non-hydrogen) atoms. The van der Waals surface area contributed by atoms with E-state index in [9.17, 15) is 9.90 Å². The van der Waals surface area contributed by atoms with E-state index < -0.39 is 6.10 Å². The number of aliphatic hydroxyl groups is 1. The molecule has 0 fully saturated rings. The molecule has 1 N–H and O–H groups in total. The quantitative estimate of drug-likeness (QED) is 0.627. The molecule has 5 nitrogen and oxygen atoms in total. The smallest absolute Gasteiger partial charge is 0.224 e. The van der Waals surface area contributed by atoms with Gasteiger partial charge in [-0.15, -0.1) is 11.3 Å². The van der Waals surface area contributed by atoms with E-state index in [-0.39, 0.29) is 12.5 Å². The molecule has 1 aromatic heterocycles. The summed E-state index contributed by atoms with van der Waals surface area (Å²) in [5, 5.41) is 12.6. The first kappa shape index (κ1) is 20.4. The number of thiophene rings is 1. The number of carbonyl (C=O) groups excluding carboxylic acids is 1. The van der Waals surface area contributed by atoms with Gasteiger partial charge in [-0.2, -0.15) is 0 Å². The fourth-order valence-corrected chi connectivity index (χ4v) is 4.57. The molecule has 0 saturated heterocycles. The molecule has 1 aliphatic heterocycles. The molecule has 0 radical (unpaired) electrons. The average molecular weight is 423 g/mol. The molecule has 1 aliphatic rings. The maximum atomic E-state index is 12.9. The van der Waals surface area contributed by atoms with Crippen molar-refractivity contribution in [3.63, 3.8) is 0 Å². The Bertz CT molecular complexity index is 945. The molecule has 2 heterocycles. The van der Waals surface area contributed by atoms with Crippen LogP contribution >= 0.6 is 11.3 Å². The molecule has 2 aromatic carbocycles. The highest BCUT2D eigenvalue weighted by Crippen LogP contribution is 2.30. The van der Waals surface area contributed by atoms with Gasteiger partial charge >= 0.3 is 0 Å². The van der Waals surface area contributed by atoms with E-state index in [0.717, 1.165) is 21.9 Å². The van der Waals surface area contributed by atoms with E-state index in [1.165, 1.54) is 0 Å². The van der Waals surface area contributed by atoms with E-state index in [4.69, 9.17) is 4.74 Å². The van der Waals surface area contributed by atoms with Crippen LogP contribution in [0.25, 0.3) is 0 Å². The Balaban J connectivity index is 1.42. The Morgan fingerprint density at radius 3 is 2.50 bits per heavy atom. The summed E-state index contributed by atoms with van der Waals surface area (Å²) in [5.74, 6) is 0.880. The second-order valence-electron chi connectivity index (χ2n) is 7.44. The minimum atomic E-state index is -0.645. The van der Waals surface area contributed by atoms with Crippen molar-refractivity contribution < 1.29 is 14.6 Å². The van der Waals surface area contributed by atoms with Crippen molar-refractivity contribution in [3.8, 4) is 5.75 Å². The van der Waals surface area contributed by atoms with Crippen molar-refractivity contribution >= 4 is 22.9 Å². The average Bonchev–Trinajstić information content (AvgIpc) is 3.23. The molecule has 1 amide bonds. The van der Waals surface area contributed by atoms with E-state index in [1.54, 1.807) is 11.3 Å². The van der Waals surface area contributed by atoms with Crippen molar-refractivity contribution in [2.24, 2.45) is 0 Å². The SMILES string of the molecule is O=C1CCN(CC(O)COc2ccccc2)c2ccsc2CN1Cc1ccccc1. The second kappa shape index (κ2) is 9.78. The first-order chi connectivity index (χ1) is 14.7. The third-order valence-corrected chi connectivity index (χ3v) is 6.07. The minimum Gasteiger partial charge on any atom is -0.491 e. The third-order valence-electron chi connectivity index (χ3n) is 5.18. The number of para-hydroxylation sites is 1. The summed E-state index contributed by atoms with van der Waals surface area (Å²) in [5.41, 5.74) is 2.24. The minimum absolute atomic E-state index is 0.137. The van der Waals surface area contributed by atoms with Gasteiger partial charge in [0.1, 0.15) is 18.5 Å². The molecular weight excluding hydrogens is 396 g/mol. The van der Waals surface area contributed by atoms with Crippen LogP contribution in [-0.4, -0.2) is 41.7 Å². The molecule has 0 bridgehead atoms. The highest BCUT2D eigenvalue weighted by Gasteiger charge is 2.25. The molecule has 0 spiro atoms. The lowest BCUT2D eigenvalue weighted by Crippen LogP contribution is -2.41. The molecular formula is C24H26N2O3S. The Morgan fingerprint density at radius 2 is 1.73 bits per heavy atom. The van der Waals surface area contributed by atoms with Gasteiger partial charge in [0.2, 0.25) is 5.91 Å². The third kappa shape index (κ3) is 5.20. The normalized spacial score (nSPS) is 15.3. The zero-order valence-electron chi connectivity index (χ0n) is 16.8. The fraction of sp³-hybridized carbons (Fsp3) is 0.292. The van der Waals surface area contributed by atoms with Crippen LogP contribution in [0.1, 0.15) is 16.9 Å². The zero-order chi connectivity index (χ0) is 20.8. The fourth-order valence-electron chi connectivity index (χ4n) is 3.66. The van der Waals surface area contributed by atoms with Crippen LogP contribution in [0.3, 0.4) is 0 Å². The topological polar surface area (TPSA) is 53.0 Å². The van der Waals surface area contributed by atoms with Crippen LogP contribution in [0.15, 0.2) is 72.1 Å². The summed E-state index contributed by atoms with van der Waals surface area (Å²) in [7, 11) is 0. The van der Waals surface area contributed by atoms with Gasteiger partial charge in [0, 0.05) is 30.9 Å². The first-order valence-corrected chi connectivity index (χ1v) is 11.1. The summed E-state index contributed by atoms with van der Waals surface area (Å²) < 4.78 is 5.69. The van der Waals surface area contributed by atoms with E-state index in [0.29, 0.717) is 32.6 Å². The van der Waals surface area contributed by atoms with E-state index in [1.807, 2.05) is 53.4 Å². The van der Waals surface area contributed by atoms with Gasteiger partial charge in [0.05, 0.1) is 12.2 Å². The van der Waals surface area contributed by atoms with Crippen molar-refractivity contribution in [3.05, 3.63) is 82.6 Å². The maximum Gasteiger partial charge on any atom is 0.224 e. The molecule has 6 heteroatoms. The maximum absolute atomic E-state index is 12.9. The molecule has 0 saturated carbocycles. The lowest BCUT2D eigenvalue weighted by atomic mass is 10.1. The molecule has 156 valence electrons. The van der Waals surface area contributed by atoms with Crippen LogP contribution in [-0.2, 0) is 17.9 Å². The van der Waals surface area contributed by atoms with Crippen molar-refractivity contribution in [1.82, 2.24) is 4.90 Å². The Kier molecular flexibility index (Phi) is 6.67. The number of amides is 1. The zero-order valence-corrected chi connectivity index (χ0v) is 17.6. The van der Waals surface area contributed by atoms with Gasteiger partial charge in [0.15, 0.2) is 0 Å². The van der Waals surface area contributed by atoms with E-state index >= 15 is 0 Å². The highest BCUT2D eigenvalue weighted by molar-refractivity contribution is 7.10. The number of hydrogen-bond acceptors (Lipinski definition) is 5. The van der Waals surface area contributed by atoms with Gasteiger partial charge in [-0.25, -0.2) is 0 Å². The summed E-state index contributed by atoms with van der Waals surface area (Å²) in [4.78, 5) is 18.1. The molecule has 3 aromatic rings. The van der Waals surface area contributed by atoms with Crippen LogP contribution in [0.2, 0.25) is 0 Å². The summed E-state index contributed by atoms with van der Waals surface area (Å²) >= 11 is 1.66. The Hall–Kier alpha value is -2.83. The largest absolute Gasteiger partial charge is 0.491 e. The number of rotatable bonds is 7. The predicted molar refractivity (Wildman–Crippen MR) is 120 cm³/mol. The predicted octanol–water partition coefficient (Wildman–Crippen LogP) is 3.93. The number of fused-ring (bicyclic) bond motifs is 1. The number of aliphatic hydroxyl groups excluding tert-OH is 1. The number of nitrogens with zero attached hydrogens (tertiary/aromatic N) is 2. The number of hydrogen-bond donors (Lipinski definition) is 1. The Labute approximate surface area is 181 Å². The van der Waals surface area contributed by atoms with Gasteiger partial charge < -0.3 is 19.6 Å². The summed E-state index contributed by atoms with van der Waals surface area (Å²) in [6, 6.07) is 21.7. The molecule has 0 aliphatic carbocycles. The van der Waals surface area contributed by atoms with E-state index in [2.05, 4.69) is 28.5 Å². The van der Waals surface area contributed by atoms with Crippen LogP contribution in [0, 0.1) is 0 Å². The first-order valence-electron chi connectivity index (χ1n) is 10.2. The number of carbonyl (C=O) groups is 1. The summed E-state index contributed by atoms with van der Waals surface area (Å²) in [6.45, 7) is 2.44. The van der Waals surface area contributed by atoms with Gasteiger partial charge in [0.25, 0.3) is 0 Å². The van der Waals surface area contributed by atoms with Gasteiger partial charge in [-0.05, 0) is 29.1 Å². The van der Waals surface area contributed by atoms with Crippen LogP contribution in [0.4, 0.5) is 5.69 Å². The number of anilines is 1. The number of benzene rings is 2. The number of ether oxygens (including phenoxy) is 1. The summed E-state index contributed by atoms with van der Waals surface area (Å²) in [6.07, 6.45) is -0.220. The highest BCUT2D eigenvalue weighted by atomic mass is 32.1. The second-order valence-corrected chi connectivity index (χ2v) is 8.44. The Morgan fingerprint density at radius 1 is 1.00 bits per heavy atom. The van der Waals surface area contributed by atoms with Crippen molar-refractivity contribution in [2.75, 3.05) is 24.6 Å². The van der Waals surface area contributed by atoms with Gasteiger partial charge in [-0.1, -0.05) is 48.5 Å². The van der Waals surface area contributed by atoms with Crippen molar-refractivity contribution in [1.29, 1.82) is 0 Å². The monoisotopic (exact) mass is 422 g/mol. The molecule has 1 atom stereocenters. The van der Waals surface area contributed by atoms with Crippen molar-refractivity contribution in [2.45, 2.75) is 25.6 Å². The lowest BCUT2D eigenvalue weighted by Gasteiger charge is -2.32. The number of β-amino-alcohol motifs (C(OH)–C–C–N with tert-alkyl or cyclic N) is 1. The van der Waals surface area contributed by atoms with Crippen LogP contribution in [0.5, 0.6) is 5.75 Å². The van der Waals surface area contributed by atoms with Gasteiger partial charge in [-0.3, -0.25) is 4.79 Å².